The Hall–Kier alpha value is -1.81. The van der Waals surface area contributed by atoms with E-state index in [-0.39, 0.29) is 0 Å². The van der Waals surface area contributed by atoms with Gasteiger partial charge in [-0.3, -0.25) is 0 Å². The van der Waals surface area contributed by atoms with Crippen molar-refractivity contribution < 1.29 is 9.15 Å². The van der Waals surface area contributed by atoms with Crippen LogP contribution < -0.4 is 4.74 Å². The van der Waals surface area contributed by atoms with Gasteiger partial charge in [-0.2, -0.15) is 0 Å². The van der Waals surface area contributed by atoms with Crippen molar-refractivity contribution >= 4 is 26.7 Å². The zero-order valence-corrected chi connectivity index (χ0v) is 11.3. The Morgan fingerprint density at radius 1 is 1.28 bits per heavy atom. The van der Waals surface area contributed by atoms with Crippen LogP contribution in [0.15, 0.2) is 51.7 Å². The molecule has 0 radical (unpaired) electrons. The summed E-state index contributed by atoms with van der Waals surface area (Å²) in [7, 11) is 1.64. The Morgan fingerprint density at radius 2 is 2.17 bits per heavy atom. The maximum Gasteiger partial charge on any atom is 0.229 e. The summed E-state index contributed by atoms with van der Waals surface area (Å²) in [4.78, 5) is 4.17. The first kappa shape index (κ1) is 11.3. The van der Waals surface area contributed by atoms with E-state index in [0.717, 1.165) is 26.6 Å². The molecule has 90 valence electrons. The smallest absolute Gasteiger partial charge is 0.229 e. The summed E-state index contributed by atoms with van der Waals surface area (Å²) in [5, 5.41) is 2.21. The maximum absolute atomic E-state index is 5.40. The Morgan fingerprint density at radius 3 is 2.89 bits per heavy atom. The predicted octanol–water partition coefficient (Wildman–Crippen LogP) is 4.27. The minimum Gasteiger partial charge on any atom is -0.496 e. The Labute approximate surface area is 113 Å². The van der Waals surface area contributed by atoms with Crippen LogP contribution in [0.2, 0.25) is 0 Å². The van der Waals surface area contributed by atoms with Crippen LogP contribution in [0.3, 0.4) is 0 Å². The van der Waals surface area contributed by atoms with Gasteiger partial charge >= 0.3 is 0 Å². The van der Waals surface area contributed by atoms with Gasteiger partial charge in [0.05, 0.1) is 18.9 Å². The maximum atomic E-state index is 5.40. The lowest BCUT2D eigenvalue weighted by molar-refractivity contribution is 0.415. The number of hydrogen-bond donors (Lipinski definition) is 0. The molecule has 3 nitrogen and oxygen atoms in total. The number of methoxy groups -OCH3 is 1. The van der Waals surface area contributed by atoms with E-state index in [1.54, 1.807) is 19.6 Å². The highest BCUT2D eigenvalue weighted by Crippen LogP contribution is 2.35. The van der Waals surface area contributed by atoms with E-state index in [2.05, 4.69) is 20.9 Å². The Balaban J connectivity index is 2.33. The molecule has 0 bridgehead atoms. The van der Waals surface area contributed by atoms with Gasteiger partial charge in [-0.05, 0) is 29.0 Å². The summed E-state index contributed by atoms with van der Waals surface area (Å²) >= 11 is 3.55. The zero-order valence-electron chi connectivity index (χ0n) is 9.68. The Bertz CT molecular complexity index is 692. The van der Waals surface area contributed by atoms with Crippen molar-refractivity contribution in [3.63, 3.8) is 0 Å². The van der Waals surface area contributed by atoms with Gasteiger partial charge in [-0.25, -0.2) is 4.98 Å². The van der Waals surface area contributed by atoms with Gasteiger partial charge in [0, 0.05) is 4.47 Å². The average molecular weight is 304 g/mol. The number of nitrogens with zero attached hydrogens (tertiary/aromatic N) is 1. The van der Waals surface area contributed by atoms with Crippen molar-refractivity contribution in [2.45, 2.75) is 0 Å². The number of halogens is 1. The van der Waals surface area contributed by atoms with E-state index in [4.69, 9.17) is 9.15 Å². The third-order valence-corrected chi connectivity index (χ3v) is 3.50. The number of ether oxygens (including phenoxy) is 1. The van der Waals surface area contributed by atoms with Gasteiger partial charge in [0.15, 0.2) is 0 Å². The van der Waals surface area contributed by atoms with Crippen molar-refractivity contribution in [2.75, 3.05) is 7.11 Å². The lowest BCUT2D eigenvalue weighted by Gasteiger charge is -2.08. The largest absolute Gasteiger partial charge is 0.496 e. The molecule has 0 aliphatic rings. The second-order valence-corrected chi connectivity index (χ2v) is 4.71. The highest BCUT2D eigenvalue weighted by molar-refractivity contribution is 9.10. The number of oxazole rings is 1. The van der Waals surface area contributed by atoms with Crippen LogP contribution >= 0.6 is 15.9 Å². The summed E-state index contributed by atoms with van der Waals surface area (Å²) in [6.45, 7) is 0. The molecule has 0 saturated heterocycles. The monoisotopic (exact) mass is 303 g/mol. The molecule has 18 heavy (non-hydrogen) atoms. The third-order valence-electron chi connectivity index (χ3n) is 2.81. The van der Waals surface area contributed by atoms with Crippen LogP contribution in [0, 0.1) is 0 Å². The van der Waals surface area contributed by atoms with Gasteiger partial charge in [0.1, 0.15) is 12.0 Å². The van der Waals surface area contributed by atoms with Gasteiger partial charge < -0.3 is 9.15 Å². The van der Waals surface area contributed by atoms with Crippen molar-refractivity contribution in [1.29, 1.82) is 0 Å². The molecule has 0 aliphatic heterocycles. The topological polar surface area (TPSA) is 35.3 Å². The average Bonchev–Trinajstić information content (AvgIpc) is 2.91. The van der Waals surface area contributed by atoms with Gasteiger partial charge in [0.2, 0.25) is 5.89 Å². The summed E-state index contributed by atoms with van der Waals surface area (Å²) < 4.78 is 11.8. The van der Waals surface area contributed by atoms with Crippen LogP contribution in [-0.2, 0) is 0 Å². The molecule has 3 aromatic rings. The number of hydrogen-bond acceptors (Lipinski definition) is 3. The molecule has 4 heteroatoms. The molecule has 0 saturated carbocycles. The van der Waals surface area contributed by atoms with E-state index >= 15 is 0 Å². The minimum atomic E-state index is 0.560. The molecule has 1 heterocycles. The van der Waals surface area contributed by atoms with E-state index in [1.807, 2.05) is 30.3 Å². The van der Waals surface area contributed by atoms with Gasteiger partial charge in [-0.1, -0.05) is 28.1 Å². The van der Waals surface area contributed by atoms with Crippen LogP contribution in [0.1, 0.15) is 0 Å². The molecule has 0 spiro atoms. The first-order chi connectivity index (χ1) is 8.79. The molecule has 0 atom stereocenters. The first-order valence-electron chi connectivity index (χ1n) is 5.46. The lowest BCUT2D eigenvalue weighted by atomic mass is 10.1. The van der Waals surface area contributed by atoms with Gasteiger partial charge in [-0.15, -0.1) is 0 Å². The normalized spacial score (nSPS) is 10.8. The number of aromatic nitrogens is 1. The molecule has 1 aromatic heterocycles. The summed E-state index contributed by atoms with van der Waals surface area (Å²) in [5.74, 6) is 1.31. The molecule has 2 aromatic carbocycles. The number of benzene rings is 2. The molecular formula is C14H10BrNO2. The highest BCUT2D eigenvalue weighted by atomic mass is 79.9. The van der Waals surface area contributed by atoms with Crippen molar-refractivity contribution in [2.24, 2.45) is 0 Å². The van der Waals surface area contributed by atoms with Crippen LogP contribution in [-0.4, -0.2) is 12.1 Å². The zero-order chi connectivity index (χ0) is 12.5. The predicted molar refractivity (Wildman–Crippen MR) is 73.7 cm³/mol. The summed E-state index contributed by atoms with van der Waals surface area (Å²) in [5.41, 5.74) is 0.849. The lowest BCUT2D eigenvalue weighted by Crippen LogP contribution is -1.89. The molecule has 0 unspecified atom stereocenters. The second kappa shape index (κ2) is 4.46. The van der Waals surface area contributed by atoms with E-state index < -0.39 is 0 Å². The van der Waals surface area contributed by atoms with E-state index in [1.165, 1.54) is 0 Å². The molecule has 3 rings (SSSR count). The van der Waals surface area contributed by atoms with Crippen molar-refractivity contribution in [1.82, 2.24) is 4.98 Å². The summed E-state index contributed by atoms with van der Waals surface area (Å²) in [6.07, 6.45) is 3.18. The fourth-order valence-electron chi connectivity index (χ4n) is 1.96. The molecular weight excluding hydrogens is 294 g/mol. The molecule has 0 amide bonds. The fourth-order valence-corrected chi connectivity index (χ4v) is 2.45. The van der Waals surface area contributed by atoms with Crippen LogP contribution in [0.4, 0.5) is 0 Å². The van der Waals surface area contributed by atoms with E-state index in [9.17, 15) is 0 Å². The minimum absolute atomic E-state index is 0.560. The number of fused-ring (bicyclic) bond motifs is 1. The second-order valence-electron chi connectivity index (χ2n) is 3.85. The first-order valence-corrected chi connectivity index (χ1v) is 6.25. The molecule has 0 fully saturated rings. The van der Waals surface area contributed by atoms with Gasteiger partial charge in [0.25, 0.3) is 0 Å². The van der Waals surface area contributed by atoms with Crippen LogP contribution in [0.5, 0.6) is 5.75 Å². The standard InChI is InChI=1S/C14H10BrNO2/c1-17-13-7-9-3-2-4-12(15)10(9)8-11(13)14-16-5-6-18-14/h2-8H,1H3. The van der Waals surface area contributed by atoms with Crippen LogP contribution in [0.25, 0.3) is 22.2 Å². The quantitative estimate of drug-likeness (QED) is 0.709. The molecule has 0 N–H and O–H groups in total. The Kier molecular flexibility index (Phi) is 2.80. The van der Waals surface area contributed by atoms with Crippen molar-refractivity contribution in [3.8, 4) is 17.2 Å². The SMILES string of the molecule is COc1cc2cccc(Br)c2cc1-c1ncco1. The van der Waals surface area contributed by atoms with Crippen molar-refractivity contribution in [3.05, 3.63) is 47.3 Å². The third kappa shape index (κ3) is 1.78. The number of rotatable bonds is 2. The van der Waals surface area contributed by atoms with E-state index in [0.29, 0.717) is 5.89 Å². The fraction of sp³-hybridized carbons (Fsp3) is 0.0714. The summed E-state index contributed by atoms with van der Waals surface area (Å²) in [6, 6.07) is 10.1. The molecule has 0 aliphatic carbocycles. The highest BCUT2D eigenvalue weighted by Gasteiger charge is 2.12.